The Bertz CT molecular complexity index is 1320. The topological polar surface area (TPSA) is 66.8 Å². The van der Waals surface area contributed by atoms with Gasteiger partial charge in [-0.2, -0.15) is 0 Å². The molecule has 1 atom stereocenters. The van der Waals surface area contributed by atoms with Crippen molar-refractivity contribution in [2.75, 3.05) is 6.54 Å². The van der Waals surface area contributed by atoms with Crippen molar-refractivity contribution >= 4 is 11.9 Å². The number of rotatable bonds is 9. The molecule has 206 valence electrons. The van der Waals surface area contributed by atoms with Gasteiger partial charge in [0.25, 0.3) is 5.91 Å². The summed E-state index contributed by atoms with van der Waals surface area (Å²) in [6.45, 7) is 13.5. The smallest absolute Gasteiger partial charge is 0.305 e. The van der Waals surface area contributed by atoms with Crippen LogP contribution in [0.3, 0.4) is 0 Å². The Kier molecular flexibility index (Phi) is 8.20. The Hall–Kier alpha value is -3.60. The summed E-state index contributed by atoms with van der Waals surface area (Å²) in [5.74, 6) is 0.213. The predicted molar refractivity (Wildman–Crippen MR) is 156 cm³/mol. The Morgan fingerprint density at radius 3 is 2.21 bits per heavy atom. The van der Waals surface area contributed by atoms with Crippen molar-refractivity contribution in [3.05, 3.63) is 100 Å². The third kappa shape index (κ3) is 7.08. The Labute approximate surface area is 232 Å². The second-order valence-corrected chi connectivity index (χ2v) is 12.4. The van der Waals surface area contributed by atoms with Crippen molar-refractivity contribution in [2.24, 2.45) is 0 Å². The summed E-state index contributed by atoms with van der Waals surface area (Å²) in [5.41, 5.74) is 5.95. The number of nitrogens with zero attached hydrogens (tertiary/aromatic N) is 1. The van der Waals surface area contributed by atoms with E-state index < -0.39 is 5.97 Å². The van der Waals surface area contributed by atoms with Gasteiger partial charge in [-0.05, 0) is 64.3 Å². The van der Waals surface area contributed by atoms with Crippen molar-refractivity contribution in [2.45, 2.75) is 84.3 Å². The van der Waals surface area contributed by atoms with Crippen LogP contribution in [0.2, 0.25) is 0 Å². The van der Waals surface area contributed by atoms with E-state index >= 15 is 0 Å². The predicted octanol–water partition coefficient (Wildman–Crippen LogP) is 7.16. The van der Waals surface area contributed by atoms with Gasteiger partial charge in [0.1, 0.15) is 11.4 Å². The highest BCUT2D eigenvalue weighted by molar-refractivity contribution is 5.95. The van der Waals surface area contributed by atoms with Crippen LogP contribution in [0.4, 0.5) is 0 Å². The second kappa shape index (κ2) is 11.3. The van der Waals surface area contributed by atoms with E-state index in [1.807, 2.05) is 24.3 Å². The molecule has 0 saturated heterocycles. The molecule has 0 bridgehead atoms. The molecular formula is C34H41NO4. The van der Waals surface area contributed by atoms with Crippen LogP contribution in [0.1, 0.15) is 92.1 Å². The number of hydrogen-bond donors (Lipinski definition) is 1. The Morgan fingerprint density at radius 1 is 0.974 bits per heavy atom. The van der Waals surface area contributed by atoms with Gasteiger partial charge in [-0.25, -0.2) is 0 Å². The van der Waals surface area contributed by atoms with Crippen LogP contribution in [0.15, 0.2) is 66.7 Å². The van der Waals surface area contributed by atoms with E-state index in [1.165, 1.54) is 16.7 Å². The fourth-order valence-corrected chi connectivity index (χ4v) is 5.20. The first-order valence-electron chi connectivity index (χ1n) is 13.8. The number of aliphatic carboxylic acids is 1. The van der Waals surface area contributed by atoms with Crippen LogP contribution in [-0.2, 0) is 29.6 Å². The third-order valence-electron chi connectivity index (χ3n) is 7.53. The summed E-state index contributed by atoms with van der Waals surface area (Å²) in [6, 6.07) is 22.5. The maximum absolute atomic E-state index is 13.6. The van der Waals surface area contributed by atoms with E-state index in [9.17, 15) is 14.7 Å². The molecule has 5 heteroatoms. The number of benzene rings is 3. The molecule has 1 amide bonds. The maximum atomic E-state index is 13.6. The van der Waals surface area contributed by atoms with Crippen molar-refractivity contribution in [3.8, 4) is 5.75 Å². The fraction of sp³-hybridized carbons (Fsp3) is 0.412. The molecule has 0 aromatic heterocycles. The van der Waals surface area contributed by atoms with Gasteiger partial charge in [0.05, 0.1) is 6.42 Å². The molecule has 5 nitrogen and oxygen atoms in total. The van der Waals surface area contributed by atoms with E-state index in [0.29, 0.717) is 24.4 Å². The average molecular weight is 528 g/mol. The van der Waals surface area contributed by atoms with Crippen molar-refractivity contribution < 1.29 is 19.4 Å². The number of fused-ring (bicyclic) bond motifs is 1. The largest absolute Gasteiger partial charge is 0.487 e. The Balaban J connectivity index is 1.50. The third-order valence-corrected chi connectivity index (χ3v) is 7.53. The summed E-state index contributed by atoms with van der Waals surface area (Å²) in [7, 11) is 0. The second-order valence-electron chi connectivity index (χ2n) is 12.4. The van der Waals surface area contributed by atoms with E-state index in [1.54, 1.807) is 11.0 Å². The normalized spacial score (nSPS) is 16.6. The first-order valence-corrected chi connectivity index (χ1v) is 13.8. The zero-order valence-electron chi connectivity index (χ0n) is 24.1. The lowest BCUT2D eigenvalue weighted by atomic mass is 9.87. The monoisotopic (exact) mass is 527 g/mol. The van der Waals surface area contributed by atoms with Crippen LogP contribution < -0.4 is 4.74 Å². The van der Waals surface area contributed by atoms with Crippen LogP contribution in [0.25, 0.3) is 0 Å². The number of hydrogen-bond acceptors (Lipinski definition) is 3. The highest BCUT2D eigenvalue weighted by atomic mass is 16.5. The fourth-order valence-electron chi connectivity index (χ4n) is 5.20. The standard InChI is InChI=1S/C34H41NO4/c1-23(2)26-11-7-24(8-12-26)20-34(6)21-28-19-27(13-16-30(28)39-34)32(38)35(18-17-31(36)37)22-25-9-14-29(15-10-25)33(3,4)5/h7-16,19,23H,17-18,20-22H2,1-6H3,(H,36,37)/t34-/m1/s1. The molecule has 1 aliphatic heterocycles. The highest BCUT2D eigenvalue weighted by Crippen LogP contribution is 2.38. The summed E-state index contributed by atoms with van der Waals surface area (Å²) >= 11 is 0. The summed E-state index contributed by atoms with van der Waals surface area (Å²) in [6.07, 6.45) is 1.38. The molecule has 1 aliphatic rings. The molecule has 3 aromatic carbocycles. The lowest BCUT2D eigenvalue weighted by Crippen LogP contribution is -2.33. The molecule has 1 N–H and O–H groups in total. The average Bonchev–Trinajstić information content (AvgIpc) is 3.20. The van der Waals surface area contributed by atoms with Gasteiger partial charge in [-0.1, -0.05) is 83.1 Å². The van der Waals surface area contributed by atoms with Crippen LogP contribution in [0, 0.1) is 0 Å². The molecule has 1 heterocycles. The zero-order valence-corrected chi connectivity index (χ0v) is 24.1. The number of ether oxygens (including phenoxy) is 1. The molecular weight excluding hydrogens is 486 g/mol. The van der Waals surface area contributed by atoms with Gasteiger partial charge in [0.2, 0.25) is 0 Å². The van der Waals surface area contributed by atoms with Gasteiger partial charge in [-0.3, -0.25) is 9.59 Å². The Morgan fingerprint density at radius 2 is 1.62 bits per heavy atom. The van der Waals surface area contributed by atoms with E-state index in [4.69, 9.17) is 4.74 Å². The molecule has 0 unspecified atom stereocenters. The number of carbonyl (C=O) groups is 2. The van der Waals surface area contributed by atoms with Crippen LogP contribution in [0.5, 0.6) is 5.75 Å². The molecule has 39 heavy (non-hydrogen) atoms. The number of carbonyl (C=O) groups excluding carboxylic acids is 1. The quantitative estimate of drug-likeness (QED) is 0.321. The summed E-state index contributed by atoms with van der Waals surface area (Å²) < 4.78 is 6.38. The minimum atomic E-state index is -0.921. The van der Waals surface area contributed by atoms with Crippen LogP contribution >= 0.6 is 0 Å². The minimum Gasteiger partial charge on any atom is -0.487 e. The van der Waals surface area contributed by atoms with Gasteiger partial charge in [0, 0.05) is 31.5 Å². The molecule has 0 fully saturated rings. The van der Waals surface area contributed by atoms with E-state index in [2.05, 4.69) is 77.9 Å². The minimum absolute atomic E-state index is 0.0376. The van der Waals surface area contributed by atoms with Crippen molar-refractivity contribution in [1.29, 1.82) is 0 Å². The molecule has 0 saturated carbocycles. The number of amides is 1. The molecule has 0 spiro atoms. The lowest BCUT2D eigenvalue weighted by molar-refractivity contribution is -0.137. The molecule has 0 aliphatic carbocycles. The zero-order chi connectivity index (χ0) is 28.4. The summed E-state index contributed by atoms with van der Waals surface area (Å²) in [4.78, 5) is 26.6. The number of carboxylic acid groups (broad SMARTS) is 1. The number of carboxylic acids is 1. The summed E-state index contributed by atoms with van der Waals surface area (Å²) in [5, 5.41) is 9.30. The first-order chi connectivity index (χ1) is 18.3. The van der Waals surface area contributed by atoms with Gasteiger partial charge in [0.15, 0.2) is 0 Å². The van der Waals surface area contributed by atoms with E-state index in [0.717, 1.165) is 23.3 Å². The highest BCUT2D eigenvalue weighted by Gasteiger charge is 2.35. The maximum Gasteiger partial charge on any atom is 0.305 e. The van der Waals surface area contributed by atoms with Crippen LogP contribution in [-0.4, -0.2) is 34.0 Å². The SMILES string of the molecule is CC(C)c1ccc(C[C@]2(C)Cc3cc(C(=O)N(CCC(=O)O)Cc4ccc(C(C)(C)C)cc4)ccc3O2)cc1. The first kappa shape index (κ1) is 28.4. The van der Waals surface area contributed by atoms with Crippen molar-refractivity contribution in [3.63, 3.8) is 0 Å². The molecule has 4 rings (SSSR count). The lowest BCUT2D eigenvalue weighted by Gasteiger charge is -2.24. The van der Waals surface area contributed by atoms with Gasteiger partial charge in [-0.15, -0.1) is 0 Å². The van der Waals surface area contributed by atoms with E-state index in [-0.39, 0.29) is 29.9 Å². The molecule has 3 aromatic rings. The molecule has 0 radical (unpaired) electrons. The van der Waals surface area contributed by atoms with Gasteiger partial charge < -0.3 is 14.7 Å². The van der Waals surface area contributed by atoms with Crippen molar-refractivity contribution in [1.82, 2.24) is 4.90 Å². The van der Waals surface area contributed by atoms with Gasteiger partial charge >= 0.3 is 5.97 Å².